The van der Waals surface area contributed by atoms with Gasteiger partial charge in [-0.2, -0.15) is 0 Å². The second-order valence-corrected chi connectivity index (χ2v) is 7.93. The summed E-state index contributed by atoms with van der Waals surface area (Å²) in [5.74, 6) is 1.82. The molecule has 3 unspecified atom stereocenters. The number of hydrogen-bond donors (Lipinski definition) is 1. The maximum absolute atomic E-state index is 10.4. The van der Waals surface area contributed by atoms with Crippen LogP contribution in [0.3, 0.4) is 0 Å². The Hall–Kier alpha value is 0.430. The zero-order valence-corrected chi connectivity index (χ0v) is 13.3. The number of thiophene rings is 1. The lowest BCUT2D eigenvalue weighted by molar-refractivity contribution is 0.0576. The predicted octanol–water partition coefficient (Wildman–Crippen LogP) is 5.27. The summed E-state index contributed by atoms with van der Waals surface area (Å²) in [6.45, 7) is 4.57. The molecule has 0 saturated heterocycles. The molecule has 1 heterocycles. The Morgan fingerprint density at radius 1 is 1.35 bits per heavy atom. The first-order valence-corrected chi connectivity index (χ1v) is 8.09. The van der Waals surface area contributed by atoms with E-state index in [-0.39, 0.29) is 6.10 Å². The molecule has 1 fully saturated rings. The van der Waals surface area contributed by atoms with Crippen LogP contribution in [-0.4, -0.2) is 5.11 Å². The van der Waals surface area contributed by atoms with Crippen LogP contribution < -0.4 is 0 Å². The van der Waals surface area contributed by atoms with Crippen LogP contribution in [-0.2, 0) is 0 Å². The van der Waals surface area contributed by atoms with Gasteiger partial charge >= 0.3 is 0 Å². The third-order valence-corrected chi connectivity index (χ3v) is 6.16. The summed E-state index contributed by atoms with van der Waals surface area (Å²) in [5, 5.41) is 10.4. The molecular formula is C13H18BrClOS. The summed E-state index contributed by atoms with van der Waals surface area (Å²) < 4.78 is 1.63. The van der Waals surface area contributed by atoms with Crippen molar-refractivity contribution in [2.45, 2.75) is 39.2 Å². The summed E-state index contributed by atoms with van der Waals surface area (Å²) in [7, 11) is 0. The first kappa shape index (κ1) is 13.9. The van der Waals surface area contributed by atoms with E-state index >= 15 is 0 Å². The average Bonchev–Trinajstić information content (AvgIpc) is 2.57. The van der Waals surface area contributed by atoms with E-state index in [0.717, 1.165) is 38.4 Å². The monoisotopic (exact) mass is 336 g/mol. The van der Waals surface area contributed by atoms with Crippen LogP contribution in [0.15, 0.2) is 10.5 Å². The lowest BCUT2D eigenvalue weighted by Crippen LogP contribution is -2.24. The highest BCUT2D eigenvalue weighted by Gasteiger charge is 2.30. The van der Waals surface area contributed by atoms with E-state index in [0.29, 0.717) is 5.92 Å². The fourth-order valence-corrected chi connectivity index (χ4v) is 4.82. The van der Waals surface area contributed by atoms with Crippen molar-refractivity contribution in [1.29, 1.82) is 0 Å². The Bertz CT molecular complexity index is 363. The summed E-state index contributed by atoms with van der Waals surface area (Å²) in [5.41, 5.74) is 0. The number of rotatable bonds is 2. The smallest absolute Gasteiger partial charge is 0.107 e. The number of aliphatic hydroxyl groups is 1. The normalized spacial score (nSPS) is 31.5. The molecule has 1 saturated carbocycles. The summed E-state index contributed by atoms with van der Waals surface area (Å²) >= 11 is 10.9. The van der Waals surface area contributed by atoms with Crippen molar-refractivity contribution in [2.24, 2.45) is 17.8 Å². The number of aliphatic hydroxyl groups excluding tert-OH is 1. The first-order chi connectivity index (χ1) is 7.97. The topological polar surface area (TPSA) is 20.2 Å². The molecule has 3 atom stereocenters. The van der Waals surface area contributed by atoms with Crippen molar-refractivity contribution in [3.8, 4) is 0 Å². The Morgan fingerprint density at radius 2 is 1.94 bits per heavy atom. The molecule has 2 rings (SSSR count). The van der Waals surface area contributed by atoms with Gasteiger partial charge in [-0.25, -0.2) is 0 Å². The van der Waals surface area contributed by atoms with Gasteiger partial charge in [-0.3, -0.25) is 0 Å². The van der Waals surface area contributed by atoms with E-state index in [4.69, 9.17) is 11.6 Å². The highest BCUT2D eigenvalue weighted by atomic mass is 79.9. The van der Waals surface area contributed by atoms with E-state index < -0.39 is 0 Å². The maximum Gasteiger partial charge on any atom is 0.107 e. The van der Waals surface area contributed by atoms with Gasteiger partial charge in [0, 0.05) is 9.35 Å². The number of hydrogen-bond acceptors (Lipinski definition) is 2. The van der Waals surface area contributed by atoms with Crippen molar-refractivity contribution >= 4 is 38.9 Å². The minimum Gasteiger partial charge on any atom is -0.387 e. The molecule has 1 N–H and O–H groups in total. The van der Waals surface area contributed by atoms with Crippen LogP contribution in [0.25, 0.3) is 0 Å². The van der Waals surface area contributed by atoms with Crippen molar-refractivity contribution in [2.75, 3.05) is 0 Å². The molecule has 0 spiro atoms. The van der Waals surface area contributed by atoms with E-state index in [1.807, 2.05) is 6.07 Å². The number of halogens is 2. The highest BCUT2D eigenvalue weighted by molar-refractivity contribution is 9.10. The van der Waals surface area contributed by atoms with E-state index in [1.54, 1.807) is 0 Å². The molecule has 1 aromatic rings. The van der Waals surface area contributed by atoms with Crippen molar-refractivity contribution in [1.82, 2.24) is 0 Å². The van der Waals surface area contributed by atoms with E-state index in [1.165, 1.54) is 17.8 Å². The molecular weight excluding hydrogens is 320 g/mol. The van der Waals surface area contributed by atoms with Gasteiger partial charge in [0.15, 0.2) is 0 Å². The first-order valence-electron chi connectivity index (χ1n) is 6.10. The minimum atomic E-state index is -0.353. The molecule has 1 nitrogen and oxygen atoms in total. The molecule has 0 aromatic carbocycles. The van der Waals surface area contributed by atoms with Crippen LogP contribution >= 0.6 is 38.9 Å². The van der Waals surface area contributed by atoms with Gasteiger partial charge in [-0.05, 0) is 59.0 Å². The Kier molecular flexibility index (Phi) is 4.56. The summed E-state index contributed by atoms with van der Waals surface area (Å²) in [6, 6.07) is 1.96. The molecule has 0 radical (unpaired) electrons. The third-order valence-electron chi connectivity index (χ3n) is 3.62. The second kappa shape index (κ2) is 5.60. The fraction of sp³-hybridized carbons (Fsp3) is 0.692. The largest absolute Gasteiger partial charge is 0.387 e. The Labute approximate surface area is 120 Å². The van der Waals surface area contributed by atoms with Crippen LogP contribution in [0.4, 0.5) is 0 Å². The molecule has 0 amide bonds. The van der Waals surface area contributed by atoms with E-state index in [2.05, 4.69) is 29.8 Å². The van der Waals surface area contributed by atoms with Gasteiger partial charge in [0.05, 0.1) is 6.10 Å². The SMILES string of the molecule is CC1CC(C)CC(C(O)c2cc(Br)c(Cl)s2)C1. The lowest BCUT2D eigenvalue weighted by Gasteiger charge is -2.33. The van der Waals surface area contributed by atoms with Gasteiger partial charge in [0.2, 0.25) is 0 Å². The fourth-order valence-electron chi connectivity index (χ4n) is 3.01. The van der Waals surface area contributed by atoms with Crippen LogP contribution in [0.2, 0.25) is 4.34 Å². The standard InChI is InChI=1S/C13H18BrClOS/c1-7-3-8(2)5-9(4-7)12(16)11-6-10(14)13(15)17-11/h6-9,12,16H,3-5H2,1-2H3. The molecule has 17 heavy (non-hydrogen) atoms. The zero-order chi connectivity index (χ0) is 12.6. The summed E-state index contributed by atoms with van der Waals surface area (Å²) in [4.78, 5) is 0.994. The zero-order valence-electron chi connectivity index (χ0n) is 10.1. The molecule has 0 aliphatic heterocycles. The lowest BCUT2D eigenvalue weighted by atomic mass is 9.74. The van der Waals surface area contributed by atoms with Crippen LogP contribution in [0, 0.1) is 17.8 Å². The second-order valence-electron chi connectivity index (χ2n) is 5.39. The van der Waals surface area contributed by atoms with Crippen LogP contribution in [0.5, 0.6) is 0 Å². The molecule has 96 valence electrons. The molecule has 0 bridgehead atoms. The summed E-state index contributed by atoms with van der Waals surface area (Å²) in [6.07, 6.45) is 3.18. The molecule has 1 aliphatic rings. The highest BCUT2D eigenvalue weighted by Crippen LogP contribution is 2.43. The van der Waals surface area contributed by atoms with Crippen molar-refractivity contribution in [3.63, 3.8) is 0 Å². The molecule has 4 heteroatoms. The van der Waals surface area contributed by atoms with Gasteiger partial charge in [-0.1, -0.05) is 25.4 Å². The average molecular weight is 338 g/mol. The van der Waals surface area contributed by atoms with Gasteiger partial charge in [-0.15, -0.1) is 11.3 Å². The van der Waals surface area contributed by atoms with E-state index in [9.17, 15) is 5.11 Å². The van der Waals surface area contributed by atoms with Gasteiger partial charge in [0.25, 0.3) is 0 Å². The molecule has 1 aromatic heterocycles. The van der Waals surface area contributed by atoms with Gasteiger partial charge in [0.1, 0.15) is 4.34 Å². The predicted molar refractivity (Wildman–Crippen MR) is 77.7 cm³/mol. The Balaban J connectivity index is 2.11. The quantitative estimate of drug-likeness (QED) is 0.779. The molecule has 1 aliphatic carbocycles. The minimum absolute atomic E-state index is 0.353. The van der Waals surface area contributed by atoms with Crippen molar-refractivity contribution in [3.05, 3.63) is 19.8 Å². The third kappa shape index (κ3) is 3.25. The van der Waals surface area contributed by atoms with Crippen molar-refractivity contribution < 1.29 is 5.11 Å². The van der Waals surface area contributed by atoms with Gasteiger partial charge < -0.3 is 5.11 Å². The Morgan fingerprint density at radius 3 is 2.41 bits per heavy atom. The van der Waals surface area contributed by atoms with Crippen LogP contribution in [0.1, 0.15) is 44.1 Å². The maximum atomic E-state index is 10.4.